The number of hydrogen-bond acceptors (Lipinski definition) is 5. The van der Waals surface area contributed by atoms with E-state index in [0.29, 0.717) is 17.1 Å². The molecule has 6 heteroatoms. The molecule has 1 rings (SSSR count). The van der Waals surface area contributed by atoms with Crippen molar-refractivity contribution in [2.24, 2.45) is 5.73 Å². The van der Waals surface area contributed by atoms with Gasteiger partial charge in [-0.25, -0.2) is 0 Å². The molecule has 0 aromatic heterocycles. The third kappa shape index (κ3) is 4.50. The van der Waals surface area contributed by atoms with Gasteiger partial charge in [-0.2, -0.15) is 0 Å². The highest BCUT2D eigenvalue weighted by Gasteiger charge is 2.10. The van der Waals surface area contributed by atoms with Gasteiger partial charge < -0.3 is 26.6 Å². The van der Waals surface area contributed by atoms with E-state index in [1.165, 1.54) is 0 Å². The number of ether oxygens (including phenoxy) is 1. The third-order valence-corrected chi connectivity index (χ3v) is 2.13. The molecule has 0 heterocycles. The predicted molar refractivity (Wildman–Crippen MR) is 70.3 cm³/mol. The summed E-state index contributed by atoms with van der Waals surface area (Å²) in [5.74, 6) is -0.147. The second-order valence-corrected chi connectivity index (χ2v) is 4.26. The fraction of sp³-hybridized carbons (Fsp3) is 0.417. The number of aliphatic hydroxyl groups excluding tert-OH is 1. The van der Waals surface area contributed by atoms with Crippen LogP contribution >= 0.6 is 0 Å². The van der Waals surface area contributed by atoms with Crippen molar-refractivity contribution in [3.63, 3.8) is 0 Å². The molecule has 6 N–H and O–H groups in total. The summed E-state index contributed by atoms with van der Waals surface area (Å²) >= 11 is 0. The molecule has 0 spiro atoms. The Bertz CT molecular complexity index is 421. The minimum absolute atomic E-state index is 0.0277. The van der Waals surface area contributed by atoms with Crippen molar-refractivity contribution < 1.29 is 14.6 Å². The zero-order valence-electron chi connectivity index (χ0n) is 10.5. The number of benzene rings is 1. The Kier molecular flexibility index (Phi) is 4.79. The topological polar surface area (TPSA) is 111 Å². The number of aliphatic hydroxyl groups is 1. The number of nitrogen functional groups attached to an aromatic ring is 1. The molecule has 6 nitrogen and oxygen atoms in total. The lowest BCUT2D eigenvalue weighted by molar-refractivity contribution is -0.125. The molecule has 0 aliphatic heterocycles. The fourth-order valence-corrected chi connectivity index (χ4v) is 1.38. The summed E-state index contributed by atoms with van der Waals surface area (Å²) in [6, 6.07) is 5.13. The molecule has 1 atom stereocenters. The number of nitrogens with one attached hydrogen (secondary N) is 1. The van der Waals surface area contributed by atoms with Gasteiger partial charge in [-0.15, -0.1) is 0 Å². The number of hydrogen-bond donors (Lipinski definition) is 4. The van der Waals surface area contributed by atoms with Crippen molar-refractivity contribution in [2.75, 3.05) is 17.6 Å². The molecule has 0 aliphatic rings. The molecular formula is C12H19N3O3. The van der Waals surface area contributed by atoms with Crippen LogP contribution in [-0.2, 0) is 4.79 Å². The molecule has 0 saturated carbocycles. The second-order valence-electron chi connectivity index (χ2n) is 4.26. The van der Waals surface area contributed by atoms with Gasteiger partial charge in [-0.05, 0) is 19.9 Å². The maximum Gasteiger partial charge on any atom is 0.248 e. The van der Waals surface area contributed by atoms with Gasteiger partial charge in [0.15, 0.2) is 0 Å². The van der Waals surface area contributed by atoms with Crippen molar-refractivity contribution in [1.29, 1.82) is 0 Å². The average molecular weight is 253 g/mol. The molecule has 100 valence electrons. The van der Waals surface area contributed by atoms with Crippen molar-refractivity contribution in [2.45, 2.75) is 26.1 Å². The largest absolute Gasteiger partial charge is 0.491 e. The average Bonchev–Trinajstić information content (AvgIpc) is 2.23. The summed E-state index contributed by atoms with van der Waals surface area (Å²) in [4.78, 5) is 10.7. The third-order valence-electron chi connectivity index (χ3n) is 2.13. The van der Waals surface area contributed by atoms with E-state index in [4.69, 9.17) is 16.2 Å². The first-order chi connectivity index (χ1) is 8.38. The van der Waals surface area contributed by atoms with Gasteiger partial charge in [-0.3, -0.25) is 4.79 Å². The van der Waals surface area contributed by atoms with E-state index in [1.54, 1.807) is 18.2 Å². The van der Waals surface area contributed by atoms with E-state index in [1.807, 2.05) is 13.8 Å². The van der Waals surface area contributed by atoms with E-state index >= 15 is 0 Å². The van der Waals surface area contributed by atoms with Crippen LogP contribution in [0.25, 0.3) is 0 Å². The Balaban J connectivity index is 2.71. The number of carbonyl (C=O) groups excluding carboxylic acids is 1. The number of anilines is 2. The van der Waals surface area contributed by atoms with Crippen molar-refractivity contribution >= 4 is 17.3 Å². The summed E-state index contributed by atoms with van der Waals surface area (Å²) in [5.41, 5.74) is 11.9. The predicted octanol–water partition coefficient (Wildman–Crippen LogP) is 0.314. The van der Waals surface area contributed by atoms with Crippen LogP contribution < -0.4 is 21.5 Å². The van der Waals surface area contributed by atoms with Crippen LogP contribution in [0.2, 0.25) is 0 Å². The highest BCUT2D eigenvalue weighted by Crippen LogP contribution is 2.23. The first kappa shape index (κ1) is 14.1. The highest BCUT2D eigenvalue weighted by atomic mass is 16.5. The highest BCUT2D eigenvalue weighted by molar-refractivity contribution is 5.79. The lowest BCUT2D eigenvalue weighted by atomic mass is 10.2. The van der Waals surface area contributed by atoms with Crippen molar-refractivity contribution in [1.82, 2.24) is 0 Å². The first-order valence-electron chi connectivity index (χ1n) is 5.67. The molecule has 1 aromatic carbocycles. The molecule has 18 heavy (non-hydrogen) atoms. The SMILES string of the molecule is CC(C)Oc1cc(N)cc(NCC(O)C(N)=O)c1. The molecule has 0 radical (unpaired) electrons. The Hall–Kier alpha value is -1.95. The van der Waals surface area contributed by atoms with Crippen LogP contribution in [0.15, 0.2) is 18.2 Å². The maximum atomic E-state index is 10.7. The van der Waals surface area contributed by atoms with E-state index in [2.05, 4.69) is 5.32 Å². The zero-order valence-corrected chi connectivity index (χ0v) is 10.5. The molecule has 0 aliphatic carbocycles. The van der Waals surface area contributed by atoms with E-state index in [-0.39, 0.29) is 12.6 Å². The van der Waals surface area contributed by atoms with Gasteiger partial charge >= 0.3 is 0 Å². The Labute approximate surface area is 106 Å². The number of amides is 1. The van der Waals surface area contributed by atoms with Gasteiger partial charge in [0.2, 0.25) is 5.91 Å². The lowest BCUT2D eigenvalue weighted by Gasteiger charge is -2.14. The fourth-order valence-electron chi connectivity index (χ4n) is 1.38. The molecule has 1 unspecified atom stereocenters. The van der Waals surface area contributed by atoms with Gasteiger partial charge in [0, 0.05) is 30.1 Å². The number of primary amides is 1. The van der Waals surface area contributed by atoms with Crippen LogP contribution in [0.3, 0.4) is 0 Å². The standard InChI is InChI=1S/C12H19N3O3/c1-7(2)18-10-4-8(13)3-9(5-10)15-6-11(16)12(14)17/h3-5,7,11,15-16H,6,13H2,1-2H3,(H2,14,17). The lowest BCUT2D eigenvalue weighted by Crippen LogP contribution is -2.34. The summed E-state index contributed by atoms with van der Waals surface area (Å²) < 4.78 is 5.52. The number of rotatable bonds is 6. The molecule has 0 saturated heterocycles. The van der Waals surface area contributed by atoms with Crippen molar-refractivity contribution in [3.05, 3.63) is 18.2 Å². The molecule has 1 amide bonds. The van der Waals surface area contributed by atoms with Gasteiger partial charge in [0.1, 0.15) is 11.9 Å². The minimum atomic E-state index is -1.24. The van der Waals surface area contributed by atoms with Crippen LogP contribution in [0.5, 0.6) is 5.75 Å². The normalized spacial score (nSPS) is 12.2. The van der Waals surface area contributed by atoms with Crippen molar-refractivity contribution in [3.8, 4) is 5.75 Å². The van der Waals surface area contributed by atoms with Gasteiger partial charge in [0.25, 0.3) is 0 Å². The van der Waals surface area contributed by atoms with Crippen LogP contribution in [0.4, 0.5) is 11.4 Å². The molecular weight excluding hydrogens is 234 g/mol. The van der Waals surface area contributed by atoms with E-state index in [0.717, 1.165) is 0 Å². The van der Waals surface area contributed by atoms with Gasteiger partial charge in [0.05, 0.1) is 6.10 Å². The van der Waals surface area contributed by atoms with E-state index < -0.39 is 12.0 Å². The summed E-state index contributed by atoms with van der Waals surface area (Å²) in [5, 5.41) is 12.1. The summed E-state index contributed by atoms with van der Waals surface area (Å²) in [6.07, 6.45) is -1.20. The van der Waals surface area contributed by atoms with Gasteiger partial charge in [-0.1, -0.05) is 0 Å². The summed E-state index contributed by atoms with van der Waals surface area (Å²) in [6.45, 7) is 3.85. The first-order valence-corrected chi connectivity index (χ1v) is 5.67. The smallest absolute Gasteiger partial charge is 0.248 e. The zero-order chi connectivity index (χ0) is 13.7. The molecule has 0 bridgehead atoms. The Morgan fingerprint density at radius 1 is 1.44 bits per heavy atom. The van der Waals surface area contributed by atoms with Crippen LogP contribution in [-0.4, -0.2) is 29.8 Å². The molecule has 1 aromatic rings. The number of nitrogens with two attached hydrogens (primary N) is 2. The molecule has 0 fully saturated rings. The Morgan fingerprint density at radius 3 is 2.67 bits per heavy atom. The second kappa shape index (κ2) is 6.11. The monoisotopic (exact) mass is 253 g/mol. The number of carbonyl (C=O) groups is 1. The summed E-state index contributed by atoms with van der Waals surface area (Å²) in [7, 11) is 0. The quantitative estimate of drug-likeness (QED) is 0.545. The minimum Gasteiger partial charge on any atom is -0.491 e. The maximum absolute atomic E-state index is 10.7. The van der Waals surface area contributed by atoms with Crippen LogP contribution in [0, 0.1) is 0 Å². The van der Waals surface area contributed by atoms with E-state index in [9.17, 15) is 9.90 Å². The Morgan fingerprint density at radius 2 is 2.11 bits per heavy atom. The van der Waals surface area contributed by atoms with Crippen LogP contribution in [0.1, 0.15) is 13.8 Å².